The molecule has 0 aliphatic heterocycles. The summed E-state index contributed by atoms with van der Waals surface area (Å²) in [7, 11) is 1.59. The van der Waals surface area contributed by atoms with Crippen LogP contribution in [0.5, 0.6) is 0 Å². The van der Waals surface area contributed by atoms with E-state index in [4.69, 9.17) is 9.15 Å². The van der Waals surface area contributed by atoms with Gasteiger partial charge in [0.2, 0.25) is 5.13 Å². The average molecular weight is 407 g/mol. The number of rotatable bonds is 6. The monoisotopic (exact) mass is 407 g/mol. The molecule has 1 N–H and O–H groups in total. The van der Waals surface area contributed by atoms with E-state index in [2.05, 4.69) is 41.5 Å². The van der Waals surface area contributed by atoms with Gasteiger partial charge in [-0.05, 0) is 17.5 Å². The molecular formula is C22H21N3O3S. The third kappa shape index (κ3) is 3.92. The van der Waals surface area contributed by atoms with Gasteiger partial charge in [0, 0.05) is 23.6 Å². The Kier molecular flexibility index (Phi) is 5.42. The van der Waals surface area contributed by atoms with E-state index >= 15 is 0 Å². The maximum Gasteiger partial charge on any atom is 0.293 e. The first-order chi connectivity index (χ1) is 14.1. The van der Waals surface area contributed by atoms with Gasteiger partial charge in [0.25, 0.3) is 5.91 Å². The quantitative estimate of drug-likeness (QED) is 0.458. The van der Waals surface area contributed by atoms with E-state index in [0.29, 0.717) is 16.6 Å². The highest BCUT2D eigenvalue weighted by Crippen LogP contribution is 2.30. The lowest BCUT2D eigenvalue weighted by Crippen LogP contribution is -2.13. The fourth-order valence-corrected chi connectivity index (χ4v) is 3.87. The largest absolute Gasteiger partial charge is 0.451 e. The van der Waals surface area contributed by atoms with Crippen molar-refractivity contribution in [3.05, 3.63) is 65.4 Å². The number of nitrogens with one attached hydrogen (secondary N) is 1. The van der Waals surface area contributed by atoms with Gasteiger partial charge in [-0.2, -0.15) is 0 Å². The lowest BCUT2D eigenvalue weighted by atomic mass is 10.0. The Labute approximate surface area is 172 Å². The molecule has 0 aliphatic carbocycles. The van der Waals surface area contributed by atoms with Crippen LogP contribution in [0.15, 0.2) is 52.9 Å². The van der Waals surface area contributed by atoms with Crippen molar-refractivity contribution in [2.45, 2.75) is 26.4 Å². The molecular weight excluding hydrogens is 386 g/mol. The first-order valence-electron chi connectivity index (χ1n) is 9.31. The molecule has 6 nitrogen and oxygen atoms in total. The van der Waals surface area contributed by atoms with Gasteiger partial charge in [-0.25, -0.2) is 0 Å². The molecule has 4 rings (SSSR count). The van der Waals surface area contributed by atoms with E-state index in [9.17, 15) is 4.79 Å². The van der Waals surface area contributed by atoms with Crippen LogP contribution in [0, 0.1) is 0 Å². The van der Waals surface area contributed by atoms with Gasteiger partial charge < -0.3 is 9.15 Å². The van der Waals surface area contributed by atoms with Crippen LogP contribution in [0.1, 0.15) is 41.4 Å². The number of furan rings is 1. The Balaban J connectivity index is 1.57. The van der Waals surface area contributed by atoms with Gasteiger partial charge in [-0.1, -0.05) is 67.6 Å². The topological polar surface area (TPSA) is 77.2 Å². The summed E-state index contributed by atoms with van der Waals surface area (Å²) >= 11 is 1.32. The van der Waals surface area contributed by atoms with Crippen molar-refractivity contribution in [1.29, 1.82) is 0 Å². The maximum atomic E-state index is 12.8. The molecule has 0 saturated carbocycles. The lowest BCUT2D eigenvalue weighted by molar-refractivity contribution is 0.0992. The zero-order valence-corrected chi connectivity index (χ0v) is 17.2. The second kappa shape index (κ2) is 8.14. The second-order valence-electron chi connectivity index (χ2n) is 6.98. The number of para-hydroxylation sites is 1. The summed E-state index contributed by atoms with van der Waals surface area (Å²) in [6, 6.07) is 15.7. The minimum absolute atomic E-state index is 0.228. The van der Waals surface area contributed by atoms with Gasteiger partial charge in [0.15, 0.2) is 5.76 Å². The number of carbonyl (C=O) groups is 1. The molecule has 0 fully saturated rings. The molecule has 7 heteroatoms. The van der Waals surface area contributed by atoms with Crippen molar-refractivity contribution in [3.63, 3.8) is 0 Å². The normalized spacial score (nSPS) is 11.3. The molecule has 0 bridgehead atoms. The summed E-state index contributed by atoms with van der Waals surface area (Å²) in [4.78, 5) is 12.8. The van der Waals surface area contributed by atoms with Gasteiger partial charge in [-0.15, -0.1) is 10.2 Å². The molecule has 0 saturated heterocycles. The molecule has 0 spiro atoms. The first kappa shape index (κ1) is 19.3. The van der Waals surface area contributed by atoms with Gasteiger partial charge in [0.05, 0.1) is 6.61 Å². The molecule has 1 amide bonds. The molecule has 2 aromatic carbocycles. The average Bonchev–Trinajstić information content (AvgIpc) is 3.33. The smallest absolute Gasteiger partial charge is 0.293 e. The third-order valence-electron chi connectivity index (χ3n) is 4.66. The number of methoxy groups -OCH3 is 1. The highest BCUT2D eigenvalue weighted by Gasteiger charge is 2.21. The highest BCUT2D eigenvalue weighted by molar-refractivity contribution is 7.18. The predicted octanol–water partition coefficient (Wildman–Crippen LogP) is 5.47. The van der Waals surface area contributed by atoms with Crippen molar-refractivity contribution in [3.8, 4) is 10.6 Å². The van der Waals surface area contributed by atoms with E-state index in [1.54, 1.807) is 7.11 Å². The van der Waals surface area contributed by atoms with Gasteiger partial charge >= 0.3 is 0 Å². The minimum atomic E-state index is -0.369. The van der Waals surface area contributed by atoms with Crippen molar-refractivity contribution < 1.29 is 13.9 Å². The SMILES string of the molecule is COCc1c(C(=O)Nc2nnc(-c3ccc(C(C)C)cc3)s2)oc2ccccc12. The first-order valence-corrected chi connectivity index (χ1v) is 10.1. The summed E-state index contributed by atoms with van der Waals surface area (Å²) < 4.78 is 11.0. The number of hydrogen-bond donors (Lipinski definition) is 1. The number of aromatic nitrogens is 2. The van der Waals surface area contributed by atoms with E-state index in [-0.39, 0.29) is 18.3 Å². The summed E-state index contributed by atoms with van der Waals surface area (Å²) in [5.41, 5.74) is 3.60. The molecule has 29 heavy (non-hydrogen) atoms. The number of hydrogen-bond acceptors (Lipinski definition) is 6. The molecule has 2 heterocycles. The summed E-state index contributed by atoms with van der Waals surface area (Å²) in [5, 5.41) is 13.1. The summed E-state index contributed by atoms with van der Waals surface area (Å²) in [6.45, 7) is 4.59. The van der Waals surface area contributed by atoms with Crippen LogP contribution in [0.25, 0.3) is 21.5 Å². The Morgan fingerprint density at radius 2 is 1.90 bits per heavy atom. The Bertz CT molecular complexity index is 1150. The fourth-order valence-electron chi connectivity index (χ4n) is 3.12. The molecule has 148 valence electrons. The second-order valence-corrected chi connectivity index (χ2v) is 7.96. The fraction of sp³-hybridized carbons (Fsp3) is 0.227. The Hall–Kier alpha value is -3.03. The van der Waals surface area contributed by atoms with Crippen molar-refractivity contribution in [2.24, 2.45) is 0 Å². The predicted molar refractivity (Wildman–Crippen MR) is 114 cm³/mol. The molecule has 0 radical (unpaired) electrons. The van der Waals surface area contributed by atoms with Crippen LogP contribution in [0.3, 0.4) is 0 Å². The maximum absolute atomic E-state index is 12.8. The number of amides is 1. The van der Waals surface area contributed by atoms with Crippen LogP contribution in [-0.4, -0.2) is 23.2 Å². The minimum Gasteiger partial charge on any atom is -0.451 e. The highest BCUT2D eigenvalue weighted by atomic mass is 32.1. The Morgan fingerprint density at radius 1 is 1.14 bits per heavy atom. The number of fused-ring (bicyclic) bond motifs is 1. The number of nitrogens with zero attached hydrogens (tertiary/aromatic N) is 2. The van der Waals surface area contributed by atoms with E-state index in [1.807, 2.05) is 36.4 Å². The van der Waals surface area contributed by atoms with E-state index < -0.39 is 0 Å². The van der Waals surface area contributed by atoms with Crippen LogP contribution in [0.4, 0.5) is 5.13 Å². The Morgan fingerprint density at radius 3 is 2.62 bits per heavy atom. The molecule has 0 aliphatic rings. The zero-order valence-electron chi connectivity index (χ0n) is 16.4. The standard InChI is InChI=1S/C22H21N3O3S/c1-13(2)14-8-10-15(11-9-14)21-24-25-22(29-21)23-20(26)19-17(12-27-3)16-6-4-5-7-18(16)28-19/h4-11,13H,12H2,1-3H3,(H,23,25,26). The lowest BCUT2D eigenvalue weighted by Gasteiger charge is -2.04. The van der Waals surface area contributed by atoms with E-state index in [1.165, 1.54) is 16.9 Å². The number of anilines is 1. The van der Waals surface area contributed by atoms with Crippen molar-refractivity contribution in [1.82, 2.24) is 10.2 Å². The van der Waals surface area contributed by atoms with Gasteiger partial charge in [-0.3, -0.25) is 10.1 Å². The number of ether oxygens (including phenoxy) is 1. The van der Waals surface area contributed by atoms with Crippen molar-refractivity contribution >= 4 is 33.3 Å². The van der Waals surface area contributed by atoms with Crippen molar-refractivity contribution in [2.75, 3.05) is 12.4 Å². The van der Waals surface area contributed by atoms with Crippen LogP contribution < -0.4 is 5.32 Å². The van der Waals surface area contributed by atoms with Crippen LogP contribution in [-0.2, 0) is 11.3 Å². The third-order valence-corrected chi connectivity index (χ3v) is 5.55. The van der Waals surface area contributed by atoms with E-state index in [0.717, 1.165) is 21.5 Å². The van der Waals surface area contributed by atoms with Crippen LogP contribution in [0.2, 0.25) is 0 Å². The molecule has 4 aromatic rings. The van der Waals surface area contributed by atoms with Crippen LogP contribution >= 0.6 is 11.3 Å². The molecule has 2 aromatic heterocycles. The number of benzene rings is 2. The zero-order chi connectivity index (χ0) is 20.4. The summed E-state index contributed by atoms with van der Waals surface area (Å²) in [5.74, 6) is 0.329. The number of carbonyl (C=O) groups excluding carboxylic acids is 1. The van der Waals surface area contributed by atoms with Gasteiger partial charge in [0.1, 0.15) is 10.6 Å². The molecule has 0 atom stereocenters. The summed E-state index contributed by atoms with van der Waals surface area (Å²) in [6.07, 6.45) is 0. The molecule has 0 unspecified atom stereocenters.